The van der Waals surface area contributed by atoms with E-state index in [-0.39, 0.29) is 5.54 Å². The van der Waals surface area contributed by atoms with Gasteiger partial charge in [-0.1, -0.05) is 30.3 Å². The predicted molar refractivity (Wildman–Crippen MR) is 68.7 cm³/mol. The first-order valence-corrected chi connectivity index (χ1v) is 6.32. The summed E-state index contributed by atoms with van der Waals surface area (Å²) in [6.45, 7) is 4.75. The highest BCUT2D eigenvalue weighted by atomic mass is 16.1. The fourth-order valence-electron chi connectivity index (χ4n) is 2.81. The van der Waals surface area contributed by atoms with E-state index in [9.17, 15) is 4.79 Å². The average molecular weight is 232 g/mol. The van der Waals surface area contributed by atoms with Gasteiger partial charge < -0.3 is 10.2 Å². The Kier molecular flexibility index (Phi) is 3.79. The summed E-state index contributed by atoms with van der Waals surface area (Å²) in [5, 5.41) is 3.37. The minimum absolute atomic E-state index is 0.108. The lowest BCUT2D eigenvalue weighted by molar-refractivity contribution is -0.125. The van der Waals surface area contributed by atoms with E-state index in [1.54, 1.807) is 0 Å². The van der Waals surface area contributed by atoms with Crippen LogP contribution < -0.4 is 5.32 Å². The Labute approximate surface area is 103 Å². The second-order valence-electron chi connectivity index (χ2n) is 4.54. The third kappa shape index (κ3) is 2.20. The van der Waals surface area contributed by atoms with Crippen molar-refractivity contribution < 1.29 is 4.79 Å². The van der Waals surface area contributed by atoms with Crippen molar-refractivity contribution in [1.29, 1.82) is 0 Å². The number of nitrogens with one attached hydrogen (secondary N) is 1. The van der Waals surface area contributed by atoms with E-state index in [0.717, 1.165) is 38.9 Å². The smallest absolute Gasteiger partial charge is 0.210 e. The van der Waals surface area contributed by atoms with Crippen LogP contribution in [0.2, 0.25) is 0 Å². The van der Waals surface area contributed by atoms with Gasteiger partial charge in [0.25, 0.3) is 0 Å². The predicted octanol–water partition coefficient (Wildman–Crippen LogP) is 1.74. The van der Waals surface area contributed by atoms with Crippen LogP contribution in [0.3, 0.4) is 0 Å². The molecule has 1 aromatic rings. The number of hydrogen-bond donors (Lipinski definition) is 1. The lowest BCUT2D eigenvalue weighted by Gasteiger charge is -2.45. The average Bonchev–Trinajstić information content (AvgIpc) is 2.42. The molecule has 1 saturated heterocycles. The van der Waals surface area contributed by atoms with E-state index in [1.165, 1.54) is 5.56 Å². The summed E-state index contributed by atoms with van der Waals surface area (Å²) in [5.74, 6) is 0. The molecular formula is C14H20N2O. The third-order valence-electron chi connectivity index (χ3n) is 3.76. The zero-order chi connectivity index (χ0) is 12.1. The molecule has 0 aliphatic carbocycles. The molecule has 1 heterocycles. The van der Waals surface area contributed by atoms with Gasteiger partial charge in [-0.05, 0) is 38.4 Å². The minimum Gasteiger partial charge on any atom is -0.336 e. The maximum Gasteiger partial charge on any atom is 0.210 e. The highest BCUT2D eigenvalue weighted by Crippen LogP contribution is 2.36. The van der Waals surface area contributed by atoms with Gasteiger partial charge in [-0.2, -0.15) is 0 Å². The van der Waals surface area contributed by atoms with Gasteiger partial charge in [0.2, 0.25) is 6.41 Å². The second-order valence-corrected chi connectivity index (χ2v) is 4.54. The molecule has 2 rings (SSSR count). The summed E-state index contributed by atoms with van der Waals surface area (Å²) in [4.78, 5) is 13.3. The van der Waals surface area contributed by atoms with Crippen molar-refractivity contribution in [2.24, 2.45) is 0 Å². The Morgan fingerprint density at radius 2 is 1.94 bits per heavy atom. The van der Waals surface area contributed by atoms with Crippen LogP contribution in [0, 0.1) is 0 Å². The van der Waals surface area contributed by atoms with Crippen molar-refractivity contribution >= 4 is 6.41 Å². The number of carbonyl (C=O) groups is 1. The molecule has 1 N–H and O–H groups in total. The van der Waals surface area contributed by atoms with Crippen molar-refractivity contribution in [1.82, 2.24) is 10.2 Å². The lowest BCUT2D eigenvalue weighted by atomic mass is 9.80. The number of hydrogen-bond acceptors (Lipinski definition) is 2. The highest BCUT2D eigenvalue weighted by molar-refractivity contribution is 5.50. The van der Waals surface area contributed by atoms with E-state index in [0.29, 0.717) is 0 Å². The number of rotatable bonds is 4. The Balaban J connectivity index is 2.39. The van der Waals surface area contributed by atoms with Crippen molar-refractivity contribution in [3.05, 3.63) is 35.9 Å². The molecule has 92 valence electrons. The molecule has 1 aliphatic heterocycles. The van der Waals surface area contributed by atoms with Gasteiger partial charge in [0.1, 0.15) is 0 Å². The van der Waals surface area contributed by atoms with Crippen molar-refractivity contribution in [3.8, 4) is 0 Å². The van der Waals surface area contributed by atoms with E-state index in [2.05, 4.69) is 29.6 Å². The van der Waals surface area contributed by atoms with Crippen LogP contribution in [0.1, 0.15) is 25.3 Å². The molecule has 0 unspecified atom stereocenters. The summed E-state index contributed by atoms with van der Waals surface area (Å²) in [6.07, 6.45) is 2.98. The van der Waals surface area contributed by atoms with Crippen molar-refractivity contribution in [2.75, 3.05) is 19.6 Å². The topological polar surface area (TPSA) is 32.3 Å². The molecule has 3 heteroatoms. The van der Waals surface area contributed by atoms with Crippen LogP contribution in [0.4, 0.5) is 0 Å². The summed E-state index contributed by atoms with van der Waals surface area (Å²) in [5.41, 5.74) is 1.15. The normalized spacial score (nSPS) is 18.6. The molecule has 1 aromatic carbocycles. The van der Waals surface area contributed by atoms with Crippen LogP contribution >= 0.6 is 0 Å². The van der Waals surface area contributed by atoms with Gasteiger partial charge in [-0.15, -0.1) is 0 Å². The quantitative estimate of drug-likeness (QED) is 0.802. The van der Waals surface area contributed by atoms with E-state index >= 15 is 0 Å². The summed E-state index contributed by atoms with van der Waals surface area (Å²) >= 11 is 0. The van der Waals surface area contributed by atoms with E-state index in [1.807, 2.05) is 17.9 Å². The van der Waals surface area contributed by atoms with Gasteiger partial charge in [0.15, 0.2) is 0 Å². The van der Waals surface area contributed by atoms with Gasteiger partial charge >= 0.3 is 0 Å². The Morgan fingerprint density at radius 3 is 2.47 bits per heavy atom. The highest BCUT2D eigenvalue weighted by Gasteiger charge is 2.38. The Hall–Kier alpha value is -1.35. The van der Waals surface area contributed by atoms with Gasteiger partial charge in [-0.3, -0.25) is 4.79 Å². The van der Waals surface area contributed by atoms with Gasteiger partial charge in [0, 0.05) is 6.54 Å². The molecule has 1 fully saturated rings. The fourth-order valence-corrected chi connectivity index (χ4v) is 2.81. The standard InChI is InChI=1S/C14H20N2O/c1-2-16(12-17)14(8-10-15-11-9-14)13-6-4-3-5-7-13/h3-7,12,15H,2,8-11H2,1H3. The molecule has 1 amide bonds. The minimum atomic E-state index is -0.108. The van der Waals surface area contributed by atoms with Crippen LogP contribution in [0.25, 0.3) is 0 Å². The second kappa shape index (κ2) is 5.32. The first-order chi connectivity index (χ1) is 8.33. The number of carbonyl (C=O) groups excluding carboxylic acids is 1. The van der Waals surface area contributed by atoms with E-state index < -0.39 is 0 Å². The van der Waals surface area contributed by atoms with Gasteiger partial charge in [0.05, 0.1) is 5.54 Å². The first-order valence-electron chi connectivity index (χ1n) is 6.32. The maximum atomic E-state index is 11.3. The Bertz CT molecular complexity index is 358. The first kappa shape index (κ1) is 12.1. The van der Waals surface area contributed by atoms with Gasteiger partial charge in [-0.25, -0.2) is 0 Å². The number of amides is 1. The molecule has 17 heavy (non-hydrogen) atoms. The van der Waals surface area contributed by atoms with Crippen LogP contribution in [-0.4, -0.2) is 30.9 Å². The Morgan fingerprint density at radius 1 is 1.29 bits per heavy atom. The largest absolute Gasteiger partial charge is 0.336 e. The van der Waals surface area contributed by atoms with Crippen LogP contribution in [0.15, 0.2) is 30.3 Å². The third-order valence-corrected chi connectivity index (χ3v) is 3.76. The van der Waals surface area contributed by atoms with E-state index in [4.69, 9.17) is 0 Å². The summed E-state index contributed by atoms with van der Waals surface area (Å²) in [7, 11) is 0. The molecule has 0 saturated carbocycles. The molecule has 0 bridgehead atoms. The molecule has 3 nitrogen and oxygen atoms in total. The number of benzene rings is 1. The summed E-state index contributed by atoms with van der Waals surface area (Å²) < 4.78 is 0. The zero-order valence-electron chi connectivity index (χ0n) is 10.4. The van der Waals surface area contributed by atoms with Crippen LogP contribution in [-0.2, 0) is 10.3 Å². The number of piperidine rings is 1. The van der Waals surface area contributed by atoms with Crippen LogP contribution in [0.5, 0.6) is 0 Å². The number of nitrogens with zero attached hydrogens (tertiary/aromatic N) is 1. The molecule has 1 aliphatic rings. The van der Waals surface area contributed by atoms with Crippen molar-refractivity contribution in [3.63, 3.8) is 0 Å². The SMILES string of the molecule is CCN(C=O)C1(c2ccccc2)CCNCC1. The molecule has 0 atom stereocenters. The summed E-state index contributed by atoms with van der Waals surface area (Å²) in [6, 6.07) is 10.4. The van der Waals surface area contributed by atoms with Crippen molar-refractivity contribution in [2.45, 2.75) is 25.3 Å². The molecule has 0 radical (unpaired) electrons. The zero-order valence-corrected chi connectivity index (χ0v) is 10.4. The molecule has 0 aromatic heterocycles. The maximum absolute atomic E-state index is 11.3. The lowest BCUT2D eigenvalue weighted by Crippen LogP contribution is -2.51. The fraction of sp³-hybridized carbons (Fsp3) is 0.500. The molecular weight excluding hydrogens is 212 g/mol. The molecule has 0 spiro atoms. The monoisotopic (exact) mass is 232 g/mol.